The van der Waals surface area contributed by atoms with Crippen LogP contribution in [0.1, 0.15) is 33.1 Å². The molecule has 0 N–H and O–H groups in total. The first-order valence-corrected chi connectivity index (χ1v) is 5.25. The van der Waals surface area contributed by atoms with Crippen molar-refractivity contribution >= 4 is 0 Å². The molecule has 71 valence electrons. The normalized spacial score (nSPS) is 21.2. The first-order chi connectivity index (χ1) is 5.88. The molecule has 0 unspecified atom stereocenters. The van der Waals surface area contributed by atoms with Crippen LogP contribution in [0.15, 0.2) is 0 Å². The van der Waals surface area contributed by atoms with E-state index in [4.69, 9.17) is 0 Å². The van der Waals surface area contributed by atoms with Gasteiger partial charge in [0.1, 0.15) is 0 Å². The number of rotatable bonds is 3. The smallest absolute Gasteiger partial charge is 0.0261 e. The van der Waals surface area contributed by atoms with E-state index in [0.29, 0.717) is 0 Å². The molecule has 1 saturated heterocycles. The van der Waals surface area contributed by atoms with Crippen LogP contribution < -0.4 is 5.32 Å². The molecule has 0 saturated carbocycles. The van der Waals surface area contributed by atoms with Gasteiger partial charge in [-0.15, -0.1) is 0 Å². The highest BCUT2D eigenvalue weighted by Gasteiger charge is 2.15. The molecule has 1 rings (SSSR count). The molecule has 1 radical (unpaired) electrons. The Labute approximate surface area is 76.3 Å². The van der Waals surface area contributed by atoms with Crippen molar-refractivity contribution in [1.29, 1.82) is 0 Å². The second-order valence-corrected chi connectivity index (χ2v) is 3.53. The lowest BCUT2D eigenvalue weighted by atomic mass is 10.1. The van der Waals surface area contributed by atoms with Gasteiger partial charge in [0.05, 0.1) is 0 Å². The molecule has 0 bridgehead atoms. The average Bonchev–Trinajstić information content (AvgIpc) is 2.35. The van der Waals surface area contributed by atoms with Crippen LogP contribution in [-0.4, -0.2) is 37.1 Å². The van der Waals surface area contributed by atoms with Crippen molar-refractivity contribution in [3.05, 3.63) is 0 Å². The van der Waals surface area contributed by atoms with Crippen molar-refractivity contribution in [1.82, 2.24) is 10.2 Å². The lowest BCUT2D eigenvalue weighted by molar-refractivity contribution is 0.198. The molecule has 1 aliphatic heterocycles. The summed E-state index contributed by atoms with van der Waals surface area (Å²) in [6, 6.07) is 0.804. The van der Waals surface area contributed by atoms with Gasteiger partial charge in [0, 0.05) is 25.7 Å². The Morgan fingerprint density at radius 3 is 2.58 bits per heavy atom. The number of hydrogen-bond donors (Lipinski definition) is 0. The van der Waals surface area contributed by atoms with Crippen molar-refractivity contribution in [2.24, 2.45) is 0 Å². The fraction of sp³-hybridized carbons (Fsp3) is 1.00. The molecule has 0 spiro atoms. The van der Waals surface area contributed by atoms with Crippen LogP contribution in [0.4, 0.5) is 0 Å². The lowest BCUT2D eigenvalue weighted by Crippen LogP contribution is -2.36. The van der Waals surface area contributed by atoms with Crippen molar-refractivity contribution in [2.45, 2.75) is 39.2 Å². The first-order valence-electron chi connectivity index (χ1n) is 5.25. The quantitative estimate of drug-likeness (QED) is 0.625. The van der Waals surface area contributed by atoms with Gasteiger partial charge in [-0.2, -0.15) is 0 Å². The predicted molar refractivity (Wildman–Crippen MR) is 52.4 cm³/mol. The molecule has 0 aromatic carbocycles. The van der Waals surface area contributed by atoms with Crippen LogP contribution >= 0.6 is 0 Å². The summed E-state index contributed by atoms with van der Waals surface area (Å²) in [6.45, 7) is 9.15. The van der Waals surface area contributed by atoms with E-state index in [9.17, 15) is 0 Å². The fourth-order valence-corrected chi connectivity index (χ4v) is 1.98. The van der Waals surface area contributed by atoms with E-state index >= 15 is 0 Å². The zero-order chi connectivity index (χ0) is 8.81. The monoisotopic (exact) mass is 169 g/mol. The van der Waals surface area contributed by atoms with Gasteiger partial charge in [0.15, 0.2) is 0 Å². The highest BCUT2D eigenvalue weighted by atomic mass is 15.2. The van der Waals surface area contributed by atoms with Gasteiger partial charge in [-0.05, 0) is 25.8 Å². The molecular formula is C10H21N2. The summed E-state index contributed by atoms with van der Waals surface area (Å²) in [5.74, 6) is 0. The van der Waals surface area contributed by atoms with Gasteiger partial charge >= 0.3 is 0 Å². The Kier molecular flexibility index (Phi) is 4.62. The predicted octanol–water partition coefficient (Wildman–Crippen LogP) is 1.49. The highest BCUT2D eigenvalue weighted by Crippen LogP contribution is 2.09. The van der Waals surface area contributed by atoms with E-state index in [1.807, 2.05) is 0 Å². The molecule has 1 aliphatic rings. The maximum absolute atomic E-state index is 4.43. The number of hydrogen-bond acceptors (Lipinski definition) is 1. The minimum absolute atomic E-state index is 0.804. The van der Waals surface area contributed by atoms with Crippen molar-refractivity contribution in [2.75, 3.05) is 26.2 Å². The summed E-state index contributed by atoms with van der Waals surface area (Å²) in [7, 11) is 0. The minimum Gasteiger partial charge on any atom is -0.299 e. The van der Waals surface area contributed by atoms with Crippen LogP contribution in [0.2, 0.25) is 0 Å². The maximum atomic E-state index is 4.43. The molecule has 0 aromatic heterocycles. The maximum Gasteiger partial charge on any atom is 0.0261 e. The Morgan fingerprint density at radius 1 is 1.17 bits per heavy atom. The summed E-state index contributed by atoms with van der Waals surface area (Å²) in [4.78, 5) is 2.61. The SMILES string of the molecule is CCC(CC)N1CCC[N]CC1. The van der Waals surface area contributed by atoms with Crippen LogP contribution in [0.25, 0.3) is 0 Å². The molecule has 0 aliphatic carbocycles. The topological polar surface area (TPSA) is 17.3 Å². The van der Waals surface area contributed by atoms with E-state index in [1.165, 1.54) is 32.4 Å². The van der Waals surface area contributed by atoms with Crippen molar-refractivity contribution < 1.29 is 0 Å². The zero-order valence-electron chi connectivity index (χ0n) is 8.42. The summed E-state index contributed by atoms with van der Waals surface area (Å²) in [6.07, 6.45) is 3.84. The van der Waals surface area contributed by atoms with Gasteiger partial charge in [-0.25, -0.2) is 5.32 Å². The van der Waals surface area contributed by atoms with Crippen LogP contribution in [0, 0.1) is 0 Å². The summed E-state index contributed by atoms with van der Waals surface area (Å²) >= 11 is 0. The summed E-state index contributed by atoms with van der Waals surface area (Å²) in [5.41, 5.74) is 0. The molecule has 0 amide bonds. The molecular weight excluding hydrogens is 148 g/mol. The van der Waals surface area contributed by atoms with Crippen LogP contribution in [-0.2, 0) is 0 Å². The Hall–Kier alpha value is -0.0800. The third kappa shape index (κ3) is 2.76. The van der Waals surface area contributed by atoms with E-state index in [2.05, 4.69) is 24.1 Å². The lowest BCUT2D eigenvalue weighted by Gasteiger charge is -2.28. The van der Waals surface area contributed by atoms with E-state index in [1.54, 1.807) is 0 Å². The second kappa shape index (κ2) is 5.55. The van der Waals surface area contributed by atoms with E-state index in [0.717, 1.165) is 19.1 Å². The Balaban J connectivity index is 2.35. The molecule has 0 aromatic rings. The highest BCUT2D eigenvalue weighted by molar-refractivity contribution is 4.72. The van der Waals surface area contributed by atoms with Gasteiger partial charge in [-0.3, -0.25) is 4.90 Å². The summed E-state index contributed by atoms with van der Waals surface area (Å²) < 4.78 is 0. The number of nitrogens with zero attached hydrogens (tertiary/aromatic N) is 2. The van der Waals surface area contributed by atoms with E-state index in [-0.39, 0.29) is 0 Å². The molecule has 2 heteroatoms. The third-order valence-corrected chi connectivity index (χ3v) is 2.77. The summed E-state index contributed by atoms with van der Waals surface area (Å²) in [5, 5.41) is 4.43. The van der Waals surface area contributed by atoms with Gasteiger partial charge in [0.25, 0.3) is 0 Å². The molecule has 1 fully saturated rings. The first kappa shape index (κ1) is 10.0. The van der Waals surface area contributed by atoms with Gasteiger partial charge < -0.3 is 0 Å². The fourth-order valence-electron chi connectivity index (χ4n) is 1.98. The molecule has 1 heterocycles. The minimum atomic E-state index is 0.804. The molecule has 12 heavy (non-hydrogen) atoms. The van der Waals surface area contributed by atoms with Crippen molar-refractivity contribution in [3.8, 4) is 0 Å². The van der Waals surface area contributed by atoms with Crippen molar-refractivity contribution in [3.63, 3.8) is 0 Å². The molecule has 2 nitrogen and oxygen atoms in total. The largest absolute Gasteiger partial charge is 0.299 e. The Bertz CT molecular complexity index is 102. The van der Waals surface area contributed by atoms with Gasteiger partial charge in [-0.1, -0.05) is 13.8 Å². The third-order valence-electron chi connectivity index (χ3n) is 2.77. The van der Waals surface area contributed by atoms with Crippen LogP contribution in [0.3, 0.4) is 0 Å². The second-order valence-electron chi connectivity index (χ2n) is 3.53. The van der Waals surface area contributed by atoms with Gasteiger partial charge in [0.2, 0.25) is 0 Å². The standard InChI is InChI=1S/C10H21N2/c1-3-10(4-2)12-8-5-6-11-7-9-12/h10H,3-9H2,1-2H3. The Morgan fingerprint density at radius 2 is 1.92 bits per heavy atom. The van der Waals surface area contributed by atoms with E-state index < -0.39 is 0 Å². The molecule has 0 atom stereocenters. The van der Waals surface area contributed by atoms with Crippen LogP contribution in [0.5, 0.6) is 0 Å². The average molecular weight is 169 g/mol. The zero-order valence-corrected chi connectivity index (χ0v) is 8.42.